The van der Waals surface area contributed by atoms with Crippen LogP contribution in [0.4, 0.5) is 13.2 Å². The lowest BCUT2D eigenvalue weighted by molar-refractivity contribution is -0.246. The number of likely N-dealkylation sites (tertiary alicyclic amines) is 1. The Balaban J connectivity index is 1.88. The molecule has 2 unspecified atom stereocenters. The first-order valence-electron chi connectivity index (χ1n) is 7.73. The van der Waals surface area contributed by atoms with Gasteiger partial charge in [-0.1, -0.05) is 41.9 Å². The van der Waals surface area contributed by atoms with Crippen molar-refractivity contribution in [3.05, 3.63) is 59.2 Å². The van der Waals surface area contributed by atoms with Gasteiger partial charge in [-0.2, -0.15) is 13.2 Å². The number of carbonyl (C=O) groups excluding carboxylic acids is 1. The summed E-state index contributed by atoms with van der Waals surface area (Å²) in [5.74, 6) is -0.436. The summed E-state index contributed by atoms with van der Waals surface area (Å²) in [5, 5.41) is 10.6. The lowest BCUT2D eigenvalue weighted by Crippen LogP contribution is -2.48. The molecule has 7 heteroatoms. The first kappa shape index (κ1) is 16.4. The average molecular weight is 368 g/mol. The van der Waals surface area contributed by atoms with Gasteiger partial charge in [-0.05, 0) is 29.7 Å². The Morgan fingerprint density at radius 2 is 1.84 bits per heavy atom. The number of amides is 1. The Morgan fingerprint density at radius 3 is 2.44 bits per heavy atom. The van der Waals surface area contributed by atoms with Crippen molar-refractivity contribution < 1.29 is 23.1 Å². The third-order valence-electron chi connectivity index (χ3n) is 4.88. The highest BCUT2D eigenvalue weighted by Gasteiger charge is 2.60. The molecule has 2 atom stereocenters. The molecular weight excluding hydrogens is 355 g/mol. The van der Waals surface area contributed by atoms with Crippen LogP contribution in [0.3, 0.4) is 0 Å². The maximum atomic E-state index is 13.8. The maximum Gasteiger partial charge on any atom is 0.425 e. The summed E-state index contributed by atoms with van der Waals surface area (Å²) in [6.45, 7) is 0.466. The van der Waals surface area contributed by atoms with Gasteiger partial charge in [-0.3, -0.25) is 4.79 Å². The van der Waals surface area contributed by atoms with E-state index < -0.39 is 23.2 Å². The first-order valence-corrected chi connectivity index (χ1v) is 8.17. The van der Waals surface area contributed by atoms with Gasteiger partial charge in [0.1, 0.15) is 5.50 Å². The molecule has 1 saturated heterocycles. The molecule has 1 aliphatic heterocycles. The van der Waals surface area contributed by atoms with E-state index >= 15 is 0 Å². The molecule has 1 aliphatic carbocycles. The molecule has 1 N–H and O–H groups in total. The second-order valence-corrected chi connectivity index (χ2v) is 6.74. The molecule has 2 aromatic carbocycles. The minimum atomic E-state index is -4.91. The van der Waals surface area contributed by atoms with Gasteiger partial charge in [0.2, 0.25) is 5.60 Å². The number of fused-ring (bicyclic) bond motifs is 3. The van der Waals surface area contributed by atoms with Crippen molar-refractivity contribution in [1.29, 1.82) is 0 Å². The van der Waals surface area contributed by atoms with Crippen molar-refractivity contribution in [3.63, 3.8) is 0 Å². The summed E-state index contributed by atoms with van der Waals surface area (Å²) in [6.07, 6.45) is -4.27. The van der Waals surface area contributed by atoms with Crippen molar-refractivity contribution in [1.82, 2.24) is 4.90 Å². The standard InChI is InChI=1S/C18H13ClF3NO2/c19-15-7-8-23(15)16(24)10-5-6-12-11-3-1-2-4-13(11)17(25,14(12)9-10)18(20,21)22/h1-6,9,15,25H,7-8H2. The zero-order valence-corrected chi connectivity index (χ0v) is 13.6. The van der Waals surface area contributed by atoms with E-state index in [0.29, 0.717) is 18.5 Å². The van der Waals surface area contributed by atoms with Gasteiger partial charge >= 0.3 is 6.18 Å². The van der Waals surface area contributed by atoms with E-state index in [0.717, 1.165) is 6.07 Å². The third-order valence-corrected chi connectivity index (χ3v) is 5.33. The summed E-state index contributed by atoms with van der Waals surface area (Å²) < 4.78 is 41.3. The quantitative estimate of drug-likeness (QED) is 0.614. The average Bonchev–Trinajstić information content (AvgIpc) is 2.83. The Kier molecular flexibility index (Phi) is 3.43. The van der Waals surface area contributed by atoms with E-state index in [9.17, 15) is 23.1 Å². The van der Waals surface area contributed by atoms with Crippen LogP contribution < -0.4 is 0 Å². The molecule has 2 aliphatic rings. The summed E-state index contributed by atoms with van der Waals surface area (Å²) in [4.78, 5) is 13.8. The molecule has 25 heavy (non-hydrogen) atoms. The molecule has 3 nitrogen and oxygen atoms in total. The lowest BCUT2D eigenvalue weighted by atomic mass is 9.89. The fourth-order valence-corrected chi connectivity index (χ4v) is 3.73. The molecule has 1 fully saturated rings. The number of hydrogen-bond donors (Lipinski definition) is 1. The normalized spacial score (nSPS) is 24.5. The topological polar surface area (TPSA) is 40.5 Å². The summed E-state index contributed by atoms with van der Waals surface area (Å²) in [7, 11) is 0. The van der Waals surface area contributed by atoms with Gasteiger partial charge in [0.25, 0.3) is 5.91 Å². The summed E-state index contributed by atoms with van der Waals surface area (Å²) in [5.41, 5.74) is -3.45. The van der Waals surface area contributed by atoms with E-state index in [-0.39, 0.29) is 22.3 Å². The van der Waals surface area contributed by atoms with Gasteiger partial charge < -0.3 is 10.0 Å². The minimum Gasteiger partial charge on any atom is -0.372 e. The highest BCUT2D eigenvalue weighted by atomic mass is 35.5. The molecule has 2 aromatic rings. The predicted molar refractivity (Wildman–Crippen MR) is 86.2 cm³/mol. The van der Waals surface area contributed by atoms with E-state index in [2.05, 4.69) is 0 Å². The minimum absolute atomic E-state index is 0.0829. The van der Waals surface area contributed by atoms with Crippen LogP contribution in [0.2, 0.25) is 0 Å². The van der Waals surface area contributed by atoms with Crippen LogP contribution in [-0.2, 0) is 5.60 Å². The molecule has 0 bridgehead atoms. The van der Waals surface area contributed by atoms with Crippen LogP contribution in [0.5, 0.6) is 0 Å². The van der Waals surface area contributed by atoms with E-state index in [1.54, 1.807) is 6.07 Å². The van der Waals surface area contributed by atoms with Gasteiger partial charge in [-0.15, -0.1) is 0 Å². The van der Waals surface area contributed by atoms with Crippen LogP contribution >= 0.6 is 11.6 Å². The molecule has 0 saturated carbocycles. The van der Waals surface area contributed by atoms with E-state index in [1.807, 2.05) is 0 Å². The van der Waals surface area contributed by atoms with Crippen LogP contribution in [0.25, 0.3) is 11.1 Å². The molecule has 1 heterocycles. The highest BCUT2D eigenvalue weighted by molar-refractivity contribution is 6.22. The number of hydrogen-bond acceptors (Lipinski definition) is 2. The Labute approximate surface area is 146 Å². The van der Waals surface area contributed by atoms with E-state index in [1.165, 1.54) is 35.2 Å². The summed E-state index contributed by atoms with van der Waals surface area (Å²) in [6, 6.07) is 9.91. The number of nitrogens with zero attached hydrogens (tertiary/aromatic N) is 1. The fraction of sp³-hybridized carbons (Fsp3) is 0.278. The van der Waals surface area contributed by atoms with E-state index in [4.69, 9.17) is 11.6 Å². The van der Waals surface area contributed by atoms with Crippen LogP contribution in [0.1, 0.15) is 27.9 Å². The van der Waals surface area contributed by atoms with Crippen LogP contribution in [0.15, 0.2) is 42.5 Å². The molecule has 0 radical (unpaired) electrons. The molecular formula is C18H13ClF3NO2. The zero-order chi connectivity index (χ0) is 18.0. The molecule has 1 amide bonds. The summed E-state index contributed by atoms with van der Waals surface area (Å²) >= 11 is 5.95. The molecule has 130 valence electrons. The van der Waals surface area contributed by atoms with Gasteiger partial charge in [0.15, 0.2) is 0 Å². The second kappa shape index (κ2) is 5.22. The first-order chi connectivity index (χ1) is 11.7. The molecule has 0 spiro atoms. The number of halogens is 4. The predicted octanol–water partition coefficient (Wildman–Crippen LogP) is 3.88. The van der Waals surface area contributed by atoms with Gasteiger partial charge in [-0.25, -0.2) is 0 Å². The monoisotopic (exact) mass is 367 g/mol. The van der Waals surface area contributed by atoms with Crippen molar-refractivity contribution in [2.24, 2.45) is 0 Å². The van der Waals surface area contributed by atoms with Crippen molar-refractivity contribution in [3.8, 4) is 11.1 Å². The highest BCUT2D eigenvalue weighted by Crippen LogP contribution is 2.55. The van der Waals surface area contributed by atoms with Crippen molar-refractivity contribution >= 4 is 17.5 Å². The number of rotatable bonds is 1. The lowest BCUT2D eigenvalue weighted by Gasteiger charge is -2.37. The third kappa shape index (κ3) is 2.14. The maximum absolute atomic E-state index is 13.8. The number of benzene rings is 2. The Bertz CT molecular complexity index is 883. The smallest absolute Gasteiger partial charge is 0.372 e. The van der Waals surface area contributed by atoms with Crippen LogP contribution in [0, 0.1) is 0 Å². The van der Waals surface area contributed by atoms with Crippen molar-refractivity contribution in [2.45, 2.75) is 23.7 Å². The fourth-order valence-electron chi connectivity index (χ4n) is 3.45. The molecule has 0 aromatic heterocycles. The van der Waals surface area contributed by atoms with Gasteiger partial charge in [0, 0.05) is 23.2 Å². The second-order valence-electron chi connectivity index (χ2n) is 6.24. The Morgan fingerprint density at radius 1 is 1.16 bits per heavy atom. The number of aliphatic hydroxyl groups is 1. The van der Waals surface area contributed by atoms with Crippen LogP contribution in [-0.4, -0.2) is 34.1 Å². The SMILES string of the molecule is O=C(c1ccc2c(c1)C(O)(C(F)(F)F)c1ccccc1-2)N1CCC1Cl. The zero-order valence-electron chi connectivity index (χ0n) is 12.8. The Hall–Kier alpha value is -2.05. The largest absolute Gasteiger partial charge is 0.425 e. The van der Waals surface area contributed by atoms with Crippen molar-refractivity contribution in [2.75, 3.05) is 6.54 Å². The number of carbonyl (C=O) groups is 1. The van der Waals surface area contributed by atoms with Gasteiger partial charge in [0.05, 0.1) is 0 Å². The number of alkyl halides is 4. The molecule has 4 rings (SSSR count).